The van der Waals surface area contributed by atoms with Crippen LogP contribution in [-0.4, -0.2) is 20.8 Å². The average Bonchev–Trinajstić information content (AvgIpc) is 2.12. The molecule has 2 nitrogen and oxygen atoms in total. The fraction of sp³-hybridized carbons (Fsp3) is 0.400. The molecule has 0 saturated carbocycles. The average molecular weight is 279 g/mol. The summed E-state index contributed by atoms with van der Waals surface area (Å²) in [6, 6.07) is 6.01. The van der Waals surface area contributed by atoms with Crippen molar-refractivity contribution in [3.8, 4) is 0 Å². The van der Waals surface area contributed by atoms with Crippen molar-refractivity contribution >= 4 is 27.5 Å². The van der Waals surface area contributed by atoms with E-state index in [-0.39, 0.29) is 6.04 Å². The number of nitrogens with one attached hydrogen (secondary N) is 1. The van der Waals surface area contributed by atoms with E-state index in [0.717, 1.165) is 15.1 Å². The Hall–Kier alpha value is -0.0900. The maximum Gasteiger partial charge on any atom is 0.0657 e. The lowest BCUT2D eigenvalue weighted by molar-refractivity contribution is 0.170. The molecule has 14 heavy (non-hydrogen) atoms. The zero-order valence-corrected chi connectivity index (χ0v) is 10.5. The Labute approximate surface area is 97.7 Å². The molecule has 0 aliphatic carbocycles. The standard InChI is InChI=1S/C10H13BrClNO/c1-13-10(6-14-2)7-3-8(11)5-9(12)4-7/h3-5,10,13H,6H2,1-2H3. The van der Waals surface area contributed by atoms with Crippen LogP contribution in [0.1, 0.15) is 11.6 Å². The Morgan fingerprint density at radius 1 is 1.50 bits per heavy atom. The number of halogens is 2. The first-order chi connectivity index (χ1) is 6.67. The normalized spacial score (nSPS) is 12.9. The predicted octanol–water partition coefficient (Wildman–Crippen LogP) is 3.01. The van der Waals surface area contributed by atoms with Crippen molar-refractivity contribution in [1.82, 2.24) is 5.32 Å². The molecule has 4 heteroatoms. The molecule has 0 fully saturated rings. The van der Waals surface area contributed by atoms with Gasteiger partial charge in [0.05, 0.1) is 12.6 Å². The van der Waals surface area contributed by atoms with Gasteiger partial charge in [0.25, 0.3) is 0 Å². The molecule has 1 N–H and O–H groups in total. The molecule has 1 unspecified atom stereocenters. The molecular weight excluding hydrogens is 265 g/mol. The maximum atomic E-state index is 5.95. The van der Waals surface area contributed by atoms with Gasteiger partial charge in [-0.05, 0) is 30.8 Å². The van der Waals surface area contributed by atoms with Crippen molar-refractivity contribution < 1.29 is 4.74 Å². The highest BCUT2D eigenvalue weighted by molar-refractivity contribution is 9.10. The third kappa shape index (κ3) is 3.24. The highest BCUT2D eigenvalue weighted by Crippen LogP contribution is 2.23. The van der Waals surface area contributed by atoms with Crippen LogP contribution in [0.15, 0.2) is 22.7 Å². The summed E-state index contributed by atoms with van der Waals surface area (Å²) in [6.07, 6.45) is 0. The third-order valence-electron chi connectivity index (χ3n) is 1.97. The van der Waals surface area contributed by atoms with Crippen LogP contribution in [0.5, 0.6) is 0 Å². The summed E-state index contributed by atoms with van der Waals surface area (Å²) < 4.78 is 6.09. The fourth-order valence-corrected chi connectivity index (χ4v) is 2.18. The summed E-state index contributed by atoms with van der Waals surface area (Å²) in [5.41, 5.74) is 1.12. The van der Waals surface area contributed by atoms with Crippen LogP contribution in [0.3, 0.4) is 0 Å². The number of rotatable bonds is 4. The number of ether oxygens (including phenoxy) is 1. The monoisotopic (exact) mass is 277 g/mol. The Bertz CT molecular complexity index is 286. The number of methoxy groups -OCH3 is 1. The lowest BCUT2D eigenvalue weighted by Crippen LogP contribution is -2.21. The Morgan fingerprint density at radius 2 is 2.21 bits per heavy atom. The molecule has 0 aliphatic heterocycles. The minimum atomic E-state index is 0.176. The molecule has 0 aromatic heterocycles. The largest absolute Gasteiger partial charge is 0.383 e. The number of likely N-dealkylation sites (N-methyl/N-ethyl adjacent to an activating group) is 1. The van der Waals surface area contributed by atoms with Crippen LogP contribution in [0.2, 0.25) is 5.02 Å². The van der Waals surface area contributed by atoms with Gasteiger partial charge in [0.1, 0.15) is 0 Å². The van der Waals surface area contributed by atoms with Gasteiger partial charge < -0.3 is 10.1 Å². The maximum absolute atomic E-state index is 5.95. The minimum absolute atomic E-state index is 0.176. The molecule has 0 bridgehead atoms. The zero-order chi connectivity index (χ0) is 10.6. The fourth-order valence-electron chi connectivity index (χ4n) is 1.29. The number of hydrogen-bond acceptors (Lipinski definition) is 2. The van der Waals surface area contributed by atoms with E-state index in [9.17, 15) is 0 Å². The second kappa shape index (κ2) is 5.71. The molecule has 78 valence electrons. The summed E-state index contributed by atoms with van der Waals surface area (Å²) in [4.78, 5) is 0. The SMILES string of the molecule is CNC(COC)c1cc(Cl)cc(Br)c1. The van der Waals surface area contributed by atoms with E-state index in [2.05, 4.69) is 21.2 Å². The van der Waals surface area contributed by atoms with E-state index >= 15 is 0 Å². The molecule has 0 heterocycles. The predicted molar refractivity (Wildman–Crippen MR) is 62.8 cm³/mol. The van der Waals surface area contributed by atoms with Gasteiger partial charge in [-0.25, -0.2) is 0 Å². The first-order valence-corrected chi connectivity index (χ1v) is 5.46. The molecule has 0 saturated heterocycles. The minimum Gasteiger partial charge on any atom is -0.383 e. The quantitative estimate of drug-likeness (QED) is 0.914. The van der Waals surface area contributed by atoms with Crippen LogP contribution < -0.4 is 5.32 Å². The Morgan fingerprint density at radius 3 is 2.71 bits per heavy atom. The number of hydrogen-bond donors (Lipinski definition) is 1. The molecule has 0 radical (unpaired) electrons. The van der Waals surface area contributed by atoms with Gasteiger partial charge in [-0.2, -0.15) is 0 Å². The van der Waals surface area contributed by atoms with E-state index in [4.69, 9.17) is 16.3 Å². The lowest BCUT2D eigenvalue weighted by atomic mass is 10.1. The van der Waals surface area contributed by atoms with Crippen molar-refractivity contribution in [2.24, 2.45) is 0 Å². The van der Waals surface area contributed by atoms with E-state index in [0.29, 0.717) is 6.61 Å². The van der Waals surface area contributed by atoms with Crippen molar-refractivity contribution in [3.63, 3.8) is 0 Å². The van der Waals surface area contributed by atoms with Gasteiger partial charge in [0.2, 0.25) is 0 Å². The van der Waals surface area contributed by atoms with Gasteiger partial charge in [-0.1, -0.05) is 27.5 Å². The molecular formula is C10H13BrClNO. The smallest absolute Gasteiger partial charge is 0.0657 e. The van der Waals surface area contributed by atoms with Gasteiger partial charge >= 0.3 is 0 Å². The first kappa shape index (κ1) is 12.0. The third-order valence-corrected chi connectivity index (χ3v) is 2.65. The van der Waals surface area contributed by atoms with Crippen LogP contribution in [0.4, 0.5) is 0 Å². The van der Waals surface area contributed by atoms with Crippen LogP contribution >= 0.6 is 27.5 Å². The van der Waals surface area contributed by atoms with E-state index in [1.165, 1.54) is 0 Å². The van der Waals surface area contributed by atoms with E-state index < -0.39 is 0 Å². The Kier molecular flexibility index (Phi) is 4.89. The molecule has 1 rings (SSSR count). The molecule has 1 atom stereocenters. The molecule has 1 aromatic rings. The molecule has 0 spiro atoms. The van der Waals surface area contributed by atoms with Crippen LogP contribution in [-0.2, 0) is 4.74 Å². The first-order valence-electron chi connectivity index (χ1n) is 4.29. The van der Waals surface area contributed by atoms with Gasteiger partial charge in [-0.15, -0.1) is 0 Å². The highest BCUT2D eigenvalue weighted by Gasteiger charge is 2.09. The Balaban J connectivity index is 2.91. The van der Waals surface area contributed by atoms with Gasteiger partial charge in [-0.3, -0.25) is 0 Å². The number of benzene rings is 1. The van der Waals surface area contributed by atoms with E-state index in [1.807, 2.05) is 25.2 Å². The zero-order valence-electron chi connectivity index (χ0n) is 8.18. The van der Waals surface area contributed by atoms with Gasteiger partial charge in [0.15, 0.2) is 0 Å². The molecule has 0 aliphatic rings. The van der Waals surface area contributed by atoms with Crippen molar-refractivity contribution in [2.75, 3.05) is 20.8 Å². The summed E-state index contributed by atoms with van der Waals surface area (Å²) >= 11 is 9.36. The van der Waals surface area contributed by atoms with Crippen molar-refractivity contribution in [1.29, 1.82) is 0 Å². The molecule has 0 amide bonds. The lowest BCUT2D eigenvalue weighted by Gasteiger charge is -2.16. The topological polar surface area (TPSA) is 21.3 Å². The van der Waals surface area contributed by atoms with Crippen LogP contribution in [0, 0.1) is 0 Å². The van der Waals surface area contributed by atoms with Crippen LogP contribution in [0.25, 0.3) is 0 Å². The summed E-state index contributed by atoms with van der Waals surface area (Å²) in [5.74, 6) is 0. The highest BCUT2D eigenvalue weighted by atomic mass is 79.9. The molecule has 1 aromatic carbocycles. The van der Waals surface area contributed by atoms with Gasteiger partial charge in [0, 0.05) is 16.6 Å². The van der Waals surface area contributed by atoms with E-state index in [1.54, 1.807) is 7.11 Å². The summed E-state index contributed by atoms with van der Waals surface area (Å²) in [7, 11) is 3.59. The second-order valence-electron chi connectivity index (χ2n) is 3.00. The summed E-state index contributed by atoms with van der Waals surface area (Å²) in [5, 5.41) is 3.90. The summed E-state index contributed by atoms with van der Waals surface area (Å²) in [6.45, 7) is 0.628. The van der Waals surface area contributed by atoms with Crippen molar-refractivity contribution in [2.45, 2.75) is 6.04 Å². The second-order valence-corrected chi connectivity index (χ2v) is 4.35. The van der Waals surface area contributed by atoms with Crippen molar-refractivity contribution in [3.05, 3.63) is 33.3 Å².